The Bertz CT molecular complexity index is 369. The molecular formula is C8H13BrN4O2. The molecule has 0 atom stereocenters. The number of rotatable bonds is 1. The zero-order chi connectivity index (χ0) is 11.6. The number of halogens is 1. The molecule has 0 spiro atoms. The van der Waals surface area contributed by atoms with Crippen LogP contribution in [0.2, 0.25) is 0 Å². The third-order valence-corrected chi connectivity index (χ3v) is 1.69. The van der Waals surface area contributed by atoms with E-state index in [0.717, 1.165) is 0 Å². The number of anilines is 1. The van der Waals surface area contributed by atoms with Crippen LogP contribution in [0.25, 0.3) is 0 Å². The van der Waals surface area contributed by atoms with Crippen molar-refractivity contribution < 1.29 is 9.53 Å². The second-order valence-corrected chi connectivity index (χ2v) is 4.66. The number of hydrogen-bond acceptors (Lipinski definition) is 4. The van der Waals surface area contributed by atoms with Crippen LogP contribution in [-0.4, -0.2) is 26.5 Å². The maximum absolute atomic E-state index is 11.4. The van der Waals surface area contributed by atoms with Gasteiger partial charge in [0, 0.05) is 7.05 Å². The van der Waals surface area contributed by atoms with E-state index >= 15 is 0 Å². The van der Waals surface area contributed by atoms with E-state index in [0.29, 0.717) is 10.7 Å². The van der Waals surface area contributed by atoms with Crippen LogP contribution in [0.4, 0.5) is 10.7 Å². The molecule has 0 aliphatic heterocycles. The lowest BCUT2D eigenvalue weighted by Gasteiger charge is -2.19. The molecule has 0 aliphatic rings. The van der Waals surface area contributed by atoms with Gasteiger partial charge in [0.15, 0.2) is 0 Å². The Kier molecular flexibility index (Phi) is 3.33. The molecule has 6 nitrogen and oxygen atoms in total. The van der Waals surface area contributed by atoms with E-state index in [9.17, 15) is 4.79 Å². The Hall–Kier alpha value is -1.11. The lowest BCUT2D eigenvalue weighted by atomic mass is 10.2. The van der Waals surface area contributed by atoms with Gasteiger partial charge in [0.25, 0.3) is 0 Å². The quantitative estimate of drug-likeness (QED) is 0.851. The molecule has 0 unspecified atom stereocenters. The summed E-state index contributed by atoms with van der Waals surface area (Å²) in [4.78, 5) is 15.3. The number of aryl methyl sites for hydroxylation is 1. The Morgan fingerprint density at radius 1 is 1.53 bits per heavy atom. The summed E-state index contributed by atoms with van der Waals surface area (Å²) in [5, 5.41) is 6.40. The fourth-order valence-corrected chi connectivity index (χ4v) is 1.26. The molecule has 0 saturated carbocycles. The van der Waals surface area contributed by atoms with Gasteiger partial charge in [0.05, 0.1) is 0 Å². The molecule has 7 heteroatoms. The van der Waals surface area contributed by atoms with E-state index in [4.69, 9.17) is 4.74 Å². The molecule has 1 N–H and O–H groups in total. The molecule has 0 saturated heterocycles. The predicted molar refractivity (Wildman–Crippen MR) is 58.6 cm³/mol. The van der Waals surface area contributed by atoms with E-state index < -0.39 is 11.7 Å². The fraction of sp³-hybridized carbons (Fsp3) is 0.625. The Balaban J connectivity index is 2.63. The zero-order valence-corrected chi connectivity index (χ0v) is 10.6. The fourth-order valence-electron chi connectivity index (χ4n) is 0.857. The molecule has 1 heterocycles. The molecule has 0 aliphatic carbocycles. The number of carbonyl (C=O) groups excluding carboxylic acids is 1. The average Bonchev–Trinajstić information content (AvgIpc) is 2.25. The van der Waals surface area contributed by atoms with Crippen LogP contribution in [0.3, 0.4) is 0 Å². The Labute approximate surface area is 96.1 Å². The first-order valence-corrected chi connectivity index (χ1v) is 5.14. The number of hydrogen-bond donors (Lipinski definition) is 1. The van der Waals surface area contributed by atoms with Crippen LogP contribution in [0.15, 0.2) is 4.73 Å². The Morgan fingerprint density at radius 2 is 2.13 bits per heavy atom. The van der Waals surface area contributed by atoms with Crippen molar-refractivity contribution in [1.29, 1.82) is 0 Å². The van der Waals surface area contributed by atoms with Crippen molar-refractivity contribution in [3.63, 3.8) is 0 Å². The molecule has 0 radical (unpaired) electrons. The molecule has 1 aromatic heterocycles. The summed E-state index contributed by atoms with van der Waals surface area (Å²) in [6, 6.07) is 0. The van der Waals surface area contributed by atoms with Crippen molar-refractivity contribution in [3.05, 3.63) is 4.73 Å². The number of aromatic nitrogens is 3. The maximum Gasteiger partial charge on any atom is 0.414 e. The zero-order valence-electron chi connectivity index (χ0n) is 9.04. The summed E-state index contributed by atoms with van der Waals surface area (Å²) >= 11 is 3.10. The first-order valence-electron chi connectivity index (χ1n) is 4.34. The monoisotopic (exact) mass is 276 g/mol. The summed E-state index contributed by atoms with van der Waals surface area (Å²) in [5.41, 5.74) is -0.528. The largest absolute Gasteiger partial charge is 0.444 e. The van der Waals surface area contributed by atoms with Gasteiger partial charge in [-0.3, -0.25) is 5.32 Å². The van der Waals surface area contributed by atoms with Gasteiger partial charge in [-0.2, -0.15) is 4.98 Å². The highest BCUT2D eigenvalue weighted by molar-refractivity contribution is 9.10. The number of nitrogens with one attached hydrogen (secondary N) is 1. The minimum atomic E-state index is -0.550. The third kappa shape index (κ3) is 3.86. The molecular weight excluding hydrogens is 264 g/mol. The Morgan fingerprint density at radius 3 is 2.53 bits per heavy atom. The van der Waals surface area contributed by atoms with E-state index in [1.54, 1.807) is 27.8 Å². The predicted octanol–water partition coefficient (Wildman–Crippen LogP) is 1.92. The highest BCUT2D eigenvalue weighted by Gasteiger charge is 2.17. The van der Waals surface area contributed by atoms with E-state index in [1.165, 1.54) is 4.68 Å². The van der Waals surface area contributed by atoms with Crippen molar-refractivity contribution in [2.45, 2.75) is 26.4 Å². The lowest BCUT2D eigenvalue weighted by Crippen LogP contribution is -2.28. The minimum absolute atomic E-state index is 0.330. The summed E-state index contributed by atoms with van der Waals surface area (Å²) in [6.07, 6.45) is -0.550. The number of nitrogens with zero attached hydrogens (tertiary/aromatic N) is 3. The van der Waals surface area contributed by atoms with Crippen LogP contribution in [-0.2, 0) is 11.8 Å². The van der Waals surface area contributed by atoms with Gasteiger partial charge in [0.2, 0.25) is 10.7 Å². The van der Waals surface area contributed by atoms with Crippen molar-refractivity contribution in [1.82, 2.24) is 14.8 Å². The molecule has 0 fully saturated rings. The van der Waals surface area contributed by atoms with Crippen LogP contribution in [0, 0.1) is 0 Å². The van der Waals surface area contributed by atoms with Crippen molar-refractivity contribution >= 4 is 28.0 Å². The molecule has 84 valence electrons. The van der Waals surface area contributed by atoms with Gasteiger partial charge in [-0.05, 0) is 36.7 Å². The van der Waals surface area contributed by atoms with E-state index in [1.807, 2.05) is 0 Å². The number of ether oxygens (including phenoxy) is 1. The molecule has 1 amide bonds. The minimum Gasteiger partial charge on any atom is -0.444 e. The SMILES string of the molecule is Cn1nc(Br)nc1NC(=O)OC(C)(C)C. The molecule has 15 heavy (non-hydrogen) atoms. The van der Waals surface area contributed by atoms with Crippen molar-refractivity contribution in [3.8, 4) is 0 Å². The van der Waals surface area contributed by atoms with E-state index in [2.05, 4.69) is 31.3 Å². The second kappa shape index (κ2) is 4.18. The van der Waals surface area contributed by atoms with Crippen LogP contribution in [0.5, 0.6) is 0 Å². The highest BCUT2D eigenvalue weighted by atomic mass is 79.9. The van der Waals surface area contributed by atoms with Crippen molar-refractivity contribution in [2.24, 2.45) is 7.05 Å². The number of amides is 1. The van der Waals surface area contributed by atoms with Gasteiger partial charge in [0.1, 0.15) is 5.60 Å². The molecule has 1 aromatic rings. The normalized spacial score (nSPS) is 11.3. The molecule has 1 rings (SSSR count). The number of carbonyl (C=O) groups is 1. The van der Waals surface area contributed by atoms with Gasteiger partial charge in [-0.25, -0.2) is 9.48 Å². The first kappa shape index (κ1) is 12.0. The van der Waals surface area contributed by atoms with Crippen LogP contribution < -0.4 is 5.32 Å². The summed E-state index contributed by atoms with van der Waals surface area (Å²) in [6.45, 7) is 5.37. The van der Waals surface area contributed by atoms with Gasteiger partial charge < -0.3 is 4.74 Å². The topological polar surface area (TPSA) is 69.0 Å². The van der Waals surface area contributed by atoms with E-state index in [-0.39, 0.29) is 0 Å². The lowest BCUT2D eigenvalue weighted by molar-refractivity contribution is 0.0634. The molecule has 0 aromatic carbocycles. The van der Waals surface area contributed by atoms with Crippen LogP contribution in [0.1, 0.15) is 20.8 Å². The summed E-state index contributed by atoms with van der Waals surface area (Å²) < 4.78 is 6.91. The standard InChI is InChI=1S/C8H13BrN4O2/c1-8(2,3)15-7(14)11-6-10-5(9)12-13(6)4/h1-4H3,(H,10,11,12,14). The molecule has 0 bridgehead atoms. The smallest absolute Gasteiger partial charge is 0.414 e. The van der Waals surface area contributed by atoms with Crippen molar-refractivity contribution in [2.75, 3.05) is 5.32 Å². The van der Waals surface area contributed by atoms with Gasteiger partial charge >= 0.3 is 6.09 Å². The first-order chi connectivity index (χ1) is 6.78. The average molecular weight is 277 g/mol. The maximum atomic E-state index is 11.4. The third-order valence-electron chi connectivity index (χ3n) is 1.35. The summed E-state index contributed by atoms with van der Waals surface area (Å²) in [7, 11) is 1.67. The van der Waals surface area contributed by atoms with Gasteiger partial charge in [-0.15, -0.1) is 5.10 Å². The highest BCUT2D eigenvalue weighted by Crippen LogP contribution is 2.11. The van der Waals surface area contributed by atoms with Crippen LogP contribution >= 0.6 is 15.9 Å². The summed E-state index contributed by atoms with van der Waals surface area (Å²) in [5.74, 6) is 0.330. The second-order valence-electron chi connectivity index (χ2n) is 3.95. The van der Waals surface area contributed by atoms with Gasteiger partial charge in [-0.1, -0.05) is 0 Å².